The molecular formula is C26H29N3O2. The first-order valence-electron chi connectivity index (χ1n) is 10.8. The van der Waals surface area contributed by atoms with E-state index in [4.69, 9.17) is 4.74 Å². The highest BCUT2D eigenvalue weighted by molar-refractivity contribution is 5.86. The minimum atomic E-state index is -0.968. The van der Waals surface area contributed by atoms with Crippen LogP contribution in [0.2, 0.25) is 0 Å². The lowest BCUT2D eigenvalue weighted by Gasteiger charge is -2.41. The molecule has 1 amide bonds. The number of nitrogens with zero attached hydrogens (tertiary/aromatic N) is 2. The van der Waals surface area contributed by atoms with Crippen molar-refractivity contribution in [3.8, 4) is 0 Å². The lowest BCUT2D eigenvalue weighted by molar-refractivity contribution is -0.161. The molecule has 5 nitrogen and oxygen atoms in total. The molecule has 0 bridgehead atoms. The van der Waals surface area contributed by atoms with Gasteiger partial charge in [0.05, 0.1) is 6.61 Å². The lowest BCUT2D eigenvalue weighted by atomic mass is 9.92. The molecule has 1 N–H and O–H groups in total. The average Bonchev–Trinajstić information content (AvgIpc) is 2.80. The summed E-state index contributed by atoms with van der Waals surface area (Å²) in [6.45, 7) is 5.24. The maximum atomic E-state index is 13.5. The van der Waals surface area contributed by atoms with E-state index in [9.17, 15) is 4.79 Å². The summed E-state index contributed by atoms with van der Waals surface area (Å²) < 4.78 is 6.22. The quantitative estimate of drug-likeness (QED) is 0.642. The second-order valence-electron chi connectivity index (χ2n) is 8.15. The molecule has 2 aromatic carbocycles. The summed E-state index contributed by atoms with van der Waals surface area (Å²) >= 11 is 0. The number of hydrogen-bond donors (Lipinski definition) is 1. The van der Waals surface area contributed by atoms with Crippen molar-refractivity contribution >= 4 is 5.91 Å². The number of ether oxygens (including phenoxy) is 1. The largest absolute Gasteiger partial charge is 0.362 e. The fraction of sp³-hybridized carbons (Fsp3) is 0.308. The van der Waals surface area contributed by atoms with E-state index >= 15 is 0 Å². The zero-order valence-corrected chi connectivity index (χ0v) is 18.0. The highest BCUT2D eigenvalue weighted by Gasteiger charge is 2.44. The fourth-order valence-electron chi connectivity index (χ4n) is 4.08. The number of rotatable bonds is 7. The summed E-state index contributed by atoms with van der Waals surface area (Å²) in [4.78, 5) is 20.3. The average molecular weight is 416 g/mol. The molecule has 31 heavy (non-hydrogen) atoms. The van der Waals surface area contributed by atoms with Gasteiger partial charge in [-0.1, -0.05) is 60.7 Å². The Morgan fingerprint density at radius 1 is 1.06 bits per heavy atom. The summed E-state index contributed by atoms with van der Waals surface area (Å²) in [5.74, 6) is -0.0866. The molecule has 1 fully saturated rings. The van der Waals surface area contributed by atoms with Crippen molar-refractivity contribution in [3.05, 3.63) is 101 Å². The van der Waals surface area contributed by atoms with E-state index in [-0.39, 0.29) is 5.91 Å². The highest BCUT2D eigenvalue weighted by Crippen LogP contribution is 2.25. The Hall–Kier alpha value is -3.02. The maximum absolute atomic E-state index is 13.5. The van der Waals surface area contributed by atoms with Crippen LogP contribution < -0.4 is 5.32 Å². The molecule has 1 aliphatic heterocycles. The molecule has 0 saturated carbocycles. The maximum Gasteiger partial charge on any atom is 0.254 e. The van der Waals surface area contributed by atoms with Crippen molar-refractivity contribution in [3.63, 3.8) is 0 Å². The third-order valence-electron chi connectivity index (χ3n) is 5.82. The molecule has 3 aromatic rings. The molecular weight excluding hydrogens is 386 g/mol. The van der Waals surface area contributed by atoms with Crippen LogP contribution in [-0.2, 0) is 29.0 Å². The number of benzene rings is 2. The van der Waals surface area contributed by atoms with E-state index in [1.165, 1.54) is 11.1 Å². The van der Waals surface area contributed by atoms with Crippen LogP contribution in [0.3, 0.4) is 0 Å². The number of morpholine rings is 1. The van der Waals surface area contributed by atoms with Crippen LogP contribution in [0.5, 0.6) is 0 Å². The zero-order chi connectivity index (χ0) is 21.5. The normalized spacial score (nSPS) is 19.1. The number of carbonyl (C=O) groups is 1. The van der Waals surface area contributed by atoms with E-state index in [0.717, 1.165) is 24.3 Å². The van der Waals surface area contributed by atoms with Gasteiger partial charge in [-0.3, -0.25) is 14.7 Å². The standard InChI is InChI=1S/C26H29N3O2/c1-21-9-5-6-12-23(21)19-29-15-16-31-26(20-29,17-24-13-7-8-14-27-24)25(30)28-18-22-10-3-2-4-11-22/h2-14H,15-20H2,1H3,(H,28,30)/t26-/m0/s1. The second kappa shape index (κ2) is 9.86. The Kier molecular flexibility index (Phi) is 6.75. The minimum Gasteiger partial charge on any atom is -0.362 e. The molecule has 1 aromatic heterocycles. The van der Waals surface area contributed by atoms with Crippen molar-refractivity contribution in [1.82, 2.24) is 15.2 Å². The number of carbonyl (C=O) groups excluding carboxylic acids is 1. The van der Waals surface area contributed by atoms with Crippen molar-refractivity contribution in [1.29, 1.82) is 0 Å². The zero-order valence-electron chi connectivity index (χ0n) is 18.0. The Bertz CT molecular complexity index is 994. The van der Waals surface area contributed by atoms with Crippen LogP contribution >= 0.6 is 0 Å². The predicted octanol–water partition coefficient (Wildman–Crippen LogP) is 3.52. The van der Waals surface area contributed by atoms with Gasteiger partial charge in [-0.25, -0.2) is 0 Å². The molecule has 1 aliphatic rings. The summed E-state index contributed by atoms with van der Waals surface area (Å²) in [6.07, 6.45) is 2.21. The lowest BCUT2D eigenvalue weighted by Crippen LogP contribution is -2.60. The number of aromatic nitrogens is 1. The van der Waals surface area contributed by atoms with Crippen molar-refractivity contribution in [2.24, 2.45) is 0 Å². The minimum absolute atomic E-state index is 0.0866. The van der Waals surface area contributed by atoms with E-state index in [2.05, 4.69) is 46.4 Å². The SMILES string of the molecule is Cc1ccccc1CN1CCO[C@](Cc2ccccn2)(C(=O)NCc2ccccc2)C1. The fourth-order valence-corrected chi connectivity index (χ4v) is 4.08. The van der Waals surface area contributed by atoms with Crippen molar-refractivity contribution < 1.29 is 9.53 Å². The smallest absolute Gasteiger partial charge is 0.254 e. The molecule has 160 valence electrons. The van der Waals surface area contributed by atoms with Gasteiger partial charge in [0, 0.05) is 44.5 Å². The Morgan fingerprint density at radius 3 is 2.61 bits per heavy atom. The van der Waals surface area contributed by atoms with Gasteiger partial charge in [-0.15, -0.1) is 0 Å². The monoisotopic (exact) mass is 415 g/mol. The van der Waals surface area contributed by atoms with E-state index in [0.29, 0.717) is 26.1 Å². The molecule has 4 rings (SSSR count). The van der Waals surface area contributed by atoms with Crippen LogP contribution in [0.1, 0.15) is 22.4 Å². The summed E-state index contributed by atoms with van der Waals surface area (Å²) in [5.41, 5.74) is 3.49. The summed E-state index contributed by atoms with van der Waals surface area (Å²) in [7, 11) is 0. The van der Waals surface area contributed by atoms with Crippen LogP contribution in [-0.4, -0.2) is 41.1 Å². The van der Waals surface area contributed by atoms with Gasteiger partial charge < -0.3 is 10.1 Å². The van der Waals surface area contributed by atoms with E-state index in [1.807, 2.05) is 48.5 Å². The first kappa shape index (κ1) is 21.2. The molecule has 1 saturated heterocycles. The number of amides is 1. The van der Waals surface area contributed by atoms with Gasteiger partial charge in [-0.05, 0) is 35.7 Å². The van der Waals surface area contributed by atoms with Gasteiger partial charge in [0.25, 0.3) is 5.91 Å². The van der Waals surface area contributed by atoms with Crippen LogP contribution in [0.15, 0.2) is 79.0 Å². The first-order valence-corrected chi connectivity index (χ1v) is 10.8. The van der Waals surface area contributed by atoms with Crippen LogP contribution in [0.4, 0.5) is 0 Å². The molecule has 1 atom stereocenters. The topological polar surface area (TPSA) is 54.5 Å². The molecule has 2 heterocycles. The van der Waals surface area contributed by atoms with E-state index in [1.54, 1.807) is 6.20 Å². The second-order valence-corrected chi connectivity index (χ2v) is 8.15. The van der Waals surface area contributed by atoms with Gasteiger partial charge >= 0.3 is 0 Å². The van der Waals surface area contributed by atoms with Gasteiger partial charge in [-0.2, -0.15) is 0 Å². The Morgan fingerprint density at radius 2 is 1.84 bits per heavy atom. The summed E-state index contributed by atoms with van der Waals surface area (Å²) in [5, 5.41) is 3.11. The third-order valence-corrected chi connectivity index (χ3v) is 5.82. The molecule has 0 unspecified atom stereocenters. The predicted molar refractivity (Wildman–Crippen MR) is 121 cm³/mol. The number of aryl methyl sites for hydroxylation is 1. The van der Waals surface area contributed by atoms with Crippen molar-refractivity contribution in [2.45, 2.75) is 32.0 Å². The molecule has 0 spiro atoms. The Labute approximate surface area is 184 Å². The van der Waals surface area contributed by atoms with Gasteiger partial charge in [0.2, 0.25) is 0 Å². The van der Waals surface area contributed by atoms with Crippen LogP contribution in [0, 0.1) is 6.92 Å². The number of hydrogen-bond acceptors (Lipinski definition) is 4. The molecule has 5 heteroatoms. The number of nitrogens with one attached hydrogen (secondary N) is 1. The first-order chi connectivity index (χ1) is 15.1. The Balaban J connectivity index is 1.54. The van der Waals surface area contributed by atoms with Crippen molar-refractivity contribution in [2.75, 3.05) is 19.7 Å². The third kappa shape index (κ3) is 5.37. The molecule has 0 aliphatic carbocycles. The number of pyridine rings is 1. The van der Waals surface area contributed by atoms with E-state index < -0.39 is 5.60 Å². The van der Waals surface area contributed by atoms with Gasteiger partial charge in [0.1, 0.15) is 0 Å². The van der Waals surface area contributed by atoms with Crippen LogP contribution in [0.25, 0.3) is 0 Å². The van der Waals surface area contributed by atoms with Gasteiger partial charge in [0.15, 0.2) is 5.60 Å². The highest BCUT2D eigenvalue weighted by atomic mass is 16.5. The summed E-state index contributed by atoms with van der Waals surface area (Å²) in [6, 6.07) is 24.1. The molecule has 0 radical (unpaired) electrons.